The van der Waals surface area contributed by atoms with Crippen LogP contribution in [-0.4, -0.2) is 22.5 Å². The predicted octanol–water partition coefficient (Wildman–Crippen LogP) is 1.19. The average Bonchev–Trinajstić information content (AvgIpc) is 2.14. The number of hydrogen-bond acceptors (Lipinski definition) is 4. The molecule has 5 nitrogen and oxygen atoms in total. The summed E-state index contributed by atoms with van der Waals surface area (Å²) in [7, 11) is 0. The van der Waals surface area contributed by atoms with Gasteiger partial charge in [0.25, 0.3) is 0 Å². The summed E-state index contributed by atoms with van der Waals surface area (Å²) in [6.07, 6.45) is 1.97. The van der Waals surface area contributed by atoms with Gasteiger partial charge in [0.05, 0.1) is 6.61 Å². The zero-order chi connectivity index (χ0) is 9.68. The molecule has 5 heteroatoms. The number of rotatable bonds is 3. The molecule has 0 aliphatic rings. The molecule has 0 N–H and O–H groups in total. The molecule has 0 amide bonds. The summed E-state index contributed by atoms with van der Waals surface area (Å²) in [6, 6.07) is 0.672. The second-order valence-corrected chi connectivity index (χ2v) is 2.36. The first-order chi connectivity index (χ1) is 6.24. The van der Waals surface area contributed by atoms with Crippen molar-refractivity contribution in [2.75, 3.05) is 6.61 Å². The van der Waals surface area contributed by atoms with Crippen LogP contribution in [0.4, 0.5) is 0 Å². The first-order valence-corrected chi connectivity index (χ1v) is 3.91. The Labute approximate surface area is 75.4 Å². The molecule has 0 aliphatic carbocycles. The van der Waals surface area contributed by atoms with E-state index in [9.17, 15) is 9.90 Å². The molecular weight excluding hydrogens is 172 g/mol. The van der Waals surface area contributed by atoms with Crippen molar-refractivity contribution in [2.24, 2.45) is 0 Å². The van der Waals surface area contributed by atoms with Crippen molar-refractivity contribution < 1.29 is 14.6 Å². The second-order valence-electron chi connectivity index (χ2n) is 2.36. The summed E-state index contributed by atoms with van der Waals surface area (Å²) in [4.78, 5) is 17.8. The van der Waals surface area contributed by atoms with E-state index in [-0.39, 0.29) is 5.69 Å². The highest BCUT2D eigenvalue weighted by Crippen LogP contribution is 2.02. The van der Waals surface area contributed by atoms with Gasteiger partial charge in [0.15, 0.2) is 5.69 Å². The number of esters is 1. The molecule has 1 radical (unpaired) electrons. The summed E-state index contributed by atoms with van der Waals surface area (Å²) in [5, 5.41) is 10.6. The second kappa shape index (κ2) is 4.39. The first kappa shape index (κ1) is 9.44. The van der Waals surface area contributed by atoms with Crippen molar-refractivity contribution in [1.29, 1.82) is 0 Å². The molecular formula is C8H9N2O3. The first-order valence-electron chi connectivity index (χ1n) is 3.91. The van der Waals surface area contributed by atoms with Gasteiger partial charge in [-0.15, -0.1) is 0 Å². The van der Waals surface area contributed by atoms with Gasteiger partial charge in [-0.05, 0) is 12.5 Å². The van der Waals surface area contributed by atoms with Crippen molar-refractivity contribution in [3.05, 3.63) is 18.0 Å². The summed E-state index contributed by atoms with van der Waals surface area (Å²) in [5.41, 5.74) is 0.00782. The monoisotopic (exact) mass is 181 g/mol. The smallest absolute Gasteiger partial charge is 0.367 e. The maximum Gasteiger partial charge on any atom is 0.367 e. The van der Waals surface area contributed by atoms with Gasteiger partial charge in [-0.1, -0.05) is 6.92 Å². The zero-order valence-electron chi connectivity index (χ0n) is 7.19. The molecule has 0 spiro atoms. The molecule has 69 valence electrons. The number of carbonyl (C=O) groups is 1. The van der Waals surface area contributed by atoms with Crippen LogP contribution in [0.1, 0.15) is 23.8 Å². The van der Waals surface area contributed by atoms with Gasteiger partial charge in [-0.25, -0.2) is 14.9 Å². The van der Waals surface area contributed by atoms with Crippen molar-refractivity contribution in [3.8, 4) is 6.01 Å². The van der Waals surface area contributed by atoms with E-state index in [1.54, 1.807) is 0 Å². The van der Waals surface area contributed by atoms with Crippen LogP contribution in [0.15, 0.2) is 12.3 Å². The highest BCUT2D eigenvalue weighted by Gasteiger charge is 2.09. The highest BCUT2D eigenvalue weighted by molar-refractivity contribution is 5.87. The molecule has 0 aromatic carbocycles. The SMILES string of the molecule is CCCOC(=O)c1ccnc([O])n1. The molecule has 1 aromatic rings. The van der Waals surface area contributed by atoms with E-state index in [4.69, 9.17) is 4.74 Å². The van der Waals surface area contributed by atoms with E-state index < -0.39 is 12.0 Å². The third kappa shape index (κ3) is 2.70. The Kier molecular flexibility index (Phi) is 3.19. The zero-order valence-corrected chi connectivity index (χ0v) is 7.19. The fourth-order valence-corrected chi connectivity index (χ4v) is 0.723. The Morgan fingerprint density at radius 1 is 1.62 bits per heavy atom. The van der Waals surface area contributed by atoms with E-state index in [1.165, 1.54) is 12.3 Å². The summed E-state index contributed by atoms with van der Waals surface area (Å²) >= 11 is 0. The third-order valence-electron chi connectivity index (χ3n) is 1.28. The van der Waals surface area contributed by atoms with E-state index in [2.05, 4.69) is 9.97 Å². The Hall–Kier alpha value is -1.65. The Balaban J connectivity index is 2.66. The molecule has 1 aromatic heterocycles. The van der Waals surface area contributed by atoms with Crippen LogP contribution in [0.2, 0.25) is 0 Å². The van der Waals surface area contributed by atoms with Crippen LogP contribution in [-0.2, 0) is 9.84 Å². The number of aromatic nitrogens is 2. The number of carbonyl (C=O) groups excluding carboxylic acids is 1. The molecule has 0 saturated heterocycles. The quantitative estimate of drug-likeness (QED) is 0.656. The van der Waals surface area contributed by atoms with E-state index >= 15 is 0 Å². The van der Waals surface area contributed by atoms with Crippen molar-refractivity contribution >= 4 is 5.97 Å². The van der Waals surface area contributed by atoms with Crippen LogP contribution in [0, 0.1) is 0 Å². The van der Waals surface area contributed by atoms with Crippen molar-refractivity contribution in [3.63, 3.8) is 0 Å². The minimum absolute atomic E-state index is 0.00782. The van der Waals surface area contributed by atoms with E-state index in [1.807, 2.05) is 6.92 Å². The molecule has 1 rings (SSSR count). The number of hydrogen-bond donors (Lipinski definition) is 0. The predicted molar refractivity (Wildman–Crippen MR) is 42.7 cm³/mol. The average molecular weight is 181 g/mol. The molecule has 0 saturated carbocycles. The Morgan fingerprint density at radius 2 is 2.38 bits per heavy atom. The molecule has 13 heavy (non-hydrogen) atoms. The van der Waals surface area contributed by atoms with Gasteiger partial charge in [-0.2, -0.15) is 4.98 Å². The lowest BCUT2D eigenvalue weighted by molar-refractivity contribution is 0.0496. The molecule has 0 aliphatic heterocycles. The third-order valence-corrected chi connectivity index (χ3v) is 1.28. The normalized spacial score (nSPS) is 9.62. The Bertz CT molecular complexity index is 301. The lowest BCUT2D eigenvalue weighted by Crippen LogP contribution is -2.07. The minimum Gasteiger partial charge on any atom is -0.461 e. The molecule has 0 unspecified atom stereocenters. The standard InChI is InChI=1S/C8H9N2O3/c1-2-5-13-7(11)6-3-4-9-8(12)10-6/h3-4H,2,5H2,1H3. The molecule has 0 atom stereocenters. The van der Waals surface area contributed by atoms with Gasteiger partial charge in [0.2, 0.25) is 0 Å². The van der Waals surface area contributed by atoms with Gasteiger partial charge in [-0.3, -0.25) is 0 Å². The van der Waals surface area contributed by atoms with Crippen molar-refractivity contribution in [1.82, 2.24) is 9.97 Å². The van der Waals surface area contributed by atoms with Gasteiger partial charge in [0.1, 0.15) is 0 Å². The molecule has 0 fully saturated rings. The van der Waals surface area contributed by atoms with Crippen LogP contribution >= 0.6 is 0 Å². The maximum absolute atomic E-state index is 11.1. The van der Waals surface area contributed by atoms with Crippen molar-refractivity contribution in [2.45, 2.75) is 13.3 Å². The van der Waals surface area contributed by atoms with Crippen LogP contribution in [0.25, 0.3) is 0 Å². The summed E-state index contributed by atoms with van der Waals surface area (Å²) in [6.45, 7) is 2.21. The van der Waals surface area contributed by atoms with Gasteiger partial charge < -0.3 is 4.74 Å². The number of ether oxygens (including phenoxy) is 1. The largest absolute Gasteiger partial charge is 0.461 e. The lowest BCUT2D eigenvalue weighted by atomic mass is 10.4. The van der Waals surface area contributed by atoms with E-state index in [0.29, 0.717) is 6.61 Å². The molecule has 1 heterocycles. The van der Waals surface area contributed by atoms with Crippen LogP contribution in [0.5, 0.6) is 6.01 Å². The minimum atomic E-state index is -0.675. The van der Waals surface area contributed by atoms with Gasteiger partial charge >= 0.3 is 12.0 Å². The van der Waals surface area contributed by atoms with Crippen LogP contribution in [0.3, 0.4) is 0 Å². The highest BCUT2D eigenvalue weighted by atomic mass is 16.5. The molecule has 0 bridgehead atoms. The van der Waals surface area contributed by atoms with Gasteiger partial charge in [0, 0.05) is 6.20 Å². The summed E-state index contributed by atoms with van der Waals surface area (Å²) < 4.78 is 4.76. The maximum atomic E-state index is 11.1. The summed E-state index contributed by atoms with van der Waals surface area (Å²) in [5.74, 6) is -0.582. The fraction of sp³-hybridized carbons (Fsp3) is 0.375. The topological polar surface area (TPSA) is 72.0 Å². The van der Waals surface area contributed by atoms with E-state index in [0.717, 1.165) is 6.42 Å². The lowest BCUT2D eigenvalue weighted by Gasteiger charge is -2.00. The Morgan fingerprint density at radius 3 is 3.00 bits per heavy atom. The fourth-order valence-electron chi connectivity index (χ4n) is 0.723. The van der Waals surface area contributed by atoms with Crippen LogP contribution < -0.4 is 0 Å². The number of nitrogens with zero attached hydrogens (tertiary/aromatic N) is 2.